The topological polar surface area (TPSA) is 98.2 Å². The predicted octanol–water partition coefficient (Wildman–Crippen LogP) is 0.133. The van der Waals surface area contributed by atoms with Crippen molar-refractivity contribution in [3.63, 3.8) is 0 Å². The molecule has 3 N–H and O–H groups in total. The van der Waals surface area contributed by atoms with Gasteiger partial charge in [-0.2, -0.15) is 13.5 Å². The van der Waals surface area contributed by atoms with Crippen molar-refractivity contribution in [3.8, 4) is 0 Å². The van der Waals surface area contributed by atoms with Crippen LogP contribution in [0.15, 0.2) is 12.3 Å². The Bertz CT molecular complexity index is 385. The van der Waals surface area contributed by atoms with Crippen molar-refractivity contribution in [1.82, 2.24) is 9.78 Å². The molecule has 0 fully saturated rings. The van der Waals surface area contributed by atoms with Crippen LogP contribution in [-0.4, -0.2) is 28.5 Å². The van der Waals surface area contributed by atoms with E-state index < -0.39 is 10.1 Å². The van der Waals surface area contributed by atoms with Gasteiger partial charge in [-0.25, -0.2) is 0 Å². The minimum Gasteiger partial charge on any atom is -0.382 e. The monoisotopic (exact) mass is 219 g/mol. The number of nitrogen functional groups attached to an aromatic ring is 1. The molecule has 0 amide bonds. The number of unbranched alkanes of at least 4 members (excludes halogenated alkanes) is 1. The summed E-state index contributed by atoms with van der Waals surface area (Å²) in [6.45, 7) is 0.604. The molecule has 80 valence electrons. The maximum Gasteiger partial charge on any atom is 0.264 e. The Labute approximate surface area is 82.5 Å². The number of nitrogens with zero attached hydrogens (tertiary/aromatic N) is 2. The van der Waals surface area contributed by atoms with Crippen LogP contribution in [0.3, 0.4) is 0 Å². The summed E-state index contributed by atoms with van der Waals surface area (Å²) in [5, 5.41) is 3.93. The second-order valence-electron chi connectivity index (χ2n) is 3.00. The van der Waals surface area contributed by atoms with Gasteiger partial charge in [-0.05, 0) is 18.9 Å². The van der Waals surface area contributed by atoms with Crippen LogP contribution >= 0.6 is 0 Å². The van der Waals surface area contributed by atoms with Crippen molar-refractivity contribution in [3.05, 3.63) is 12.3 Å². The highest BCUT2D eigenvalue weighted by Crippen LogP contribution is 2.00. The molecule has 0 bridgehead atoms. The highest BCUT2D eigenvalue weighted by molar-refractivity contribution is 7.85. The zero-order valence-corrected chi connectivity index (χ0v) is 8.44. The molecule has 0 saturated carbocycles. The molecule has 0 aliphatic heterocycles. The molecule has 0 unspecified atom stereocenters. The molecule has 1 aromatic rings. The lowest BCUT2D eigenvalue weighted by Crippen LogP contribution is -2.06. The molecule has 0 aromatic carbocycles. The molecule has 0 radical (unpaired) electrons. The zero-order chi connectivity index (χ0) is 10.6. The number of hydrogen-bond acceptors (Lipinski definition) is 4. The van der Waals surface area contributed by atoms with Crippen LogP contribution < -0.4 is 5.73 Å². The van der Waals surface area contributed by atoms with E-state index in [0.29, 0.717) is 25.2 Å². The van der Waals surface area contributed by atoms with Gasteiger partial charge < -0.3 is 5.73 Å². The third-order valence-corrected chi connectivity index (χ3v) is 2.51. The molecule has 14 heavy (non-hydrogen) atoms. The molecule has 0 aliphatic rings. The third kappa shape index (κ3) is 4.24. The third-order valence-electron chi connectivity index (χ3n) is 1.70. The molecule has 1 aromatic heterocycles. The minimum absolute atomic E-state index is 0.205. The average molecular weight is 219 g/mol. The molecule has 6 nitrogen and oxygen atoms in total. The maximum atomic E-state index is 10.4. The van der Waals surface area contributed by atoms with Gasteiger partial charge in [0.2, 0.25) is 0 Å². The first-order valence-corrected chi connectivity index (χ1v) is 5.82. The van der Waals surface area contributed by atoms with Crippen molar-refractivity contribution < 1.29 is 13.0 Å². The summed E-state index contributed by atoms with van der Waals surface area (Å²) >= 11 is 0. The second kappa shape index (κ2) is 4.43. The highest BCUT2D eigenvalue weighted by Gasteiger charge is 2.03. The minimum atomic E-state index is -3.83. The van der Waals surface area contributed by atoms with Gasteiger partial charge in [0.1, 0.15) is 5.82 Å². The van der Waals surface area contributed by atoms with E-state index in [9.17, 15) is 8.42 Å². The van der Waals surface area contributed by atoms with Gasteiger partial charge in [0.25, 0.3) is 10.1 Å². The number of hydrogen-bond donors (Lipinski definition) is 2. The van der Waals surface area contributed by atoms with Crippen LogP contribution in [0.1, 0.15) is 12.8 Å². The van der Waals surface area contributed by atoms with Crippen LogP contribution in [0.2, 0.25) is 0 Å². The number of nitrogens with two attached hydrogens (primary N) is 1. The Morgan fingerprint density at radius 1 is 1.50 bits per heavy atom. The van der Waals surface area contributed by atoms with Crippen LogP contribution in [0.4, 0.5) is 5.82 Å². The molecule has 7 heteroatoms. The summed E-state index contributed by atoms with van der Waals surface area (Å²) in [6, 6.07) is 1.67. The van der Waals surface area contributed by atoms with Crippen LogP contribution in [0.25, 0.3) is 0 Å². The van der Waals surface area contributed by atoms with Crippen LogP contribution in [0, 0.1) is 0 Å². The zero-order valence-electron chi connectivity index (χ0n) is 7.63. The lowest BCUT2D eigenvalue weighted by molar-refractivity contribution is 0.476. The molecular formula is C7H13N3O3S. The lowest BCUT2D eigenvalue weighted by atomic mass is 10.3. The normalized spacial score (nSPS) is 11.8. The molecule has 0 saturated heterocycles. The summed E-state index contributed by atoms with van der Waals surface area (Å²) in [7, 11) is -3.83. The van der Waals surface area contributed by atoms with Crippen LogP contribution in [-0.2, 0) is 16.7 Å². The fourth-order valence-electron chi connectivity index (χ4n) is 1.06. The smallest absolute Gasteiger partial charge is 0.264 e. The van der Waals surface area contributed by atoms with Crippen molar-refractivity contribution in [2.75, 3.05) is 11.5 Å². The predicted molar refractivity (Wildman–Crippen MR) is 52.3 cm³/mol. The Morgan fingerprint density at radius 3 is 2.71 bits per heavy atom. The van der Waals surface area contributed by atoms with Gasteiger partial charge in [0.15, 0.2) is 0 Å². The van der Waals surface area contributed by atoms with E-state index in [1.807, 2.05) is 0 Å². The fraction of sp³-hybridized carbons (Fsp3) is 0.571. The largest absolute Gasteiger partial charge is 0.382 e. The Kier molecular flexibility index (Phi) is 3.48. The lowest BCUT2D eigenvalue weighted by Gasteiger charge is -1.99. The van der Waals surface area contributed by atoms with E-state index in [0.717, 1.165) is 0 Å². The molecule has 0 atom stereocenters. The first-order valence-electron chi connectivity index (χ1n) is 4.21. The summed E-state index contributed by atoms with van der Waals surface area (Å²) in [5.41, 5.74) is 5.38. The van der Waals surface area contributed by atoms with Crippen molar-refractivity contribution in [1.29, 1.82) is 0 Å². The summed E-state index contributed by atoms with van der Waals surface area (Å²) in [4.78, 5) is 0. The number of aromatic nitrogens is 2. The van der Waals surface area contributed by atoms with Crippen LogP contribution in [0.5, 0.6) is 0 Å². The first-order chi connectivity index (χ1) is 6.47. The number of aryl methyl sites for hydroxylation is 1. The van der Waals surface area contributed by atoms with E-state index in [2.05, 4.69) is 5.10 Å². The van der Waals surface area contributed by atoms with Crippen molar-refractivity contribution >= 4 is 15.9 Å². The molecule has 1 heterocycles. The highest BCUT2D eigenvalue weighted by atomic mass is 32.2. The second-order valence-corrected chi connectivity index (χ2v) is 4.57. The van der Waals surface area contributed by atoms with Crippen molar-refractivity contribution in [2.24, 2.45) is 0 Å². The number of anilines is 1. The Hall–Kier alpha value is -1.08. The average Bonchev–Trinajstić information content (AvgIpc) is 2.44. The quantitative estimate of drug-likeness (QED) is 0.542. The molecule has 0 aliphatic carbocycles. The van der Waals surface area contributed by atoms with E-state index in [1.54, 1.807) is 16.9 Å². The Morgan fingerprint density at radius 2 is 2.21 bits per heavy atom. The summed E-state index contributed by atoms with van der Waals surface area (Å²) in [5.74, 6) is 0.240. The van der Waals surface area contributed by atoms with Gasteiger partial charge in [0.05, 0.1) is 5.75 Å². The van der Waals surface area contributed by atoms with Crippen molar-refractivity contribution in [2.45, 2.75) is 19.4 Å². The van der Waals surface area contributed by atoms with Gasteiger partial charge >= 0.3 is 0 Å². The maximum absolute atomic E-state index is 10.4. The van der Waals surface area contributed by atoms with Gasteiger partial charge in [-0.1, -0.05) is 0 Å². The number of rotatable bonds is 5. The SMILES string of the molecule is Nc1ccn(CCCCS(=O)(=O)O)n1. The van der Waals surface area contributed by atoms with Gasteiger partial charge in [0, 0.05) is 12.7 Å². The fourth-order valence-corrected chi connectivity index (χ4v) is 1.63. The summed E-state index contributed by atoms with van der Waals surface area (Å²) in [6.07, 6.45) is 2.78. The van der Waals surface area contributed by atoms with Gasteiger partial charge in [-0.3, -0.25) is 9.23 Å². The van der Waals surface area contributed by atoms with E-state index in [-0.39, 0.29) is 5.75 Å². The molecule has 1 rings (SSSR count). The first kappa shape index (κ1) is 11.0. The van der Waals surface area contributed by atoms with Gasteiger partial charge in [-0.15, -0.1) is 0 Å². The molecule has 0 spiro atoms. The van der Waals surface area contributed by atoms with E-state index >= 15 is 0 Å². The Balaban J connectivity index is 2.23. The molecular weight excluding hydrogens is 206 g/mol. The standard InChI is InChI=1S/C7H13N3O3S/c8-7-3-5-10(9-7)4-1-2-6-14(11,12)13/h3,5H,1-2,4,6H2,(H2,8,9)(H,11,12,13). The van der Waals surface area contributed by atoms with E-state index in [4.69, 9.17) is 10.3 Å². The van der Waals surface area contributed by atoms with E-state index in [1.165, 1.54) is 0 Å². The summed E-state index contributed by atoms with van der Waals surface area (Å²) < 4.78 is 30.8.